The van der Waals surface area contributed by atoms with Crippen LogP contribution in [0.3, 0.4) is 0 Å². The van der Waals surface area contributed by atoms with Crippen LogP contribution in [0, 0.1) is 0 Å². The third-order valence-electron chi connectivity index (χ3n) is 3.52. The Morgan fingerprint density at radius 2 is 2.26 bits per heavy atom. The van der Waals surface area contributed by atoms with Gasteiger partial charge in [0.1, 0.15) is 5.01 Å². The van der Waals surface area contributed by atoms with E-state index in [4.69, 9.17) is 5.73 Å². The SMILES string of the molecule is NCc1csc(-c2ccc3c(c2)ncn3C2CC2)n1. The Kier molecular flexibility index (Phi) is 2.43. The minimum atomic E-state index is 0.495. The molecule has 0 bridgehead atoms. The van der Waals surface area contributed by atoms with Gasteiger partial charge in [-0.2, -0.15) is 0 Å². The zero-order chi connectivity index (χ0) is 12.8. The lowest BCUT2D eigenvalue weighted by Crippen LogP contribution is -1.95. The summed E-state index contributed by atoms with van der Waals surface area (Å²) in [6, 6.07) is 7.06. The monoisotopic (exact) mass is 270 g/mol. The lowest BCUT2D eigenvalue weighted by molar-refractivity contribution is 0.766. The molecule has 3 aromatic rings. The van der Waals surface area contributed by atoms with Gasteiger partial charge >= 0.3 is 0 Å². The van der Waals surface area contributed by atoms with Crippen LogP contribution >= 0.6 is 11.3 Å². The summed E-state index contributed by atoms with van der Waals surface area (Å²) >= 11 is 1.64. The first-order valence-corrected chi connectivity index (χ1v) is 7.34. The fourth-order valence-corrected chi connectivity index (χ4v) is 3.17. The Balaban J connectivity index is 1.79. The van der Waals surface area contributed by atoms with Crippen LogP contribution in [0.2, 0.25) is 0 Å². The third kappa shape index (κ3) is 1.86. The second kappa shape index (κ2) is 4.15. The van der Waals surface area contributed by atoms with E-state index in [-0.39, 0.29) is 0 Å². The normalized spacial score (nSPS) is 15.2. The van der Waals surface area contributed by atoms with Crippen molar-refractivity contribution in [2.75, 3.05) is 0 Å². The first kappa shape index (κ1) is 11.1. The second-order valence-corrected chi connectivity index (χ2v) is 5.79. The van der Waals surface area contributed by atoms with Gasteiger partial charge in [0.05, 0.1) is 23.1 Å². The summed E-state index contributed by atoms with van der Waals surface area (Å²) < 4.78 is 2.28. The molecule has 4 nitrogen and oxygen atoms in total. The molecule has 0 radical (unpaired) electrons. The summed E-state index contributed by atoms with van der Waals surface area (Å²) in [5.41, 5.74) is 9.95. The molecule has 1 aromatic carbocycles. The number of fused-ring (bicyclic) bond motifs is 1. The largest absolute Gasteiger partial charge is 0.327 e. The molecule has 0 saturated heterocycles. The minimum Gasteiger partial charge on any atom is -0.327 e. The molecule has 1 saturated carbocycles. The Morgan fingerprint density at radius 3 is 3.00 bits per heavy atom. The van der Waals surface area contributed by atoms with Gasteiger partial charge in [0.25, 0.3) is 0 Å². The van der Waals surface area contributed by atoms with E-state index in [0.29, 0.717) is 12.6 Å². The summed E-state index contributed by atoms with van der Waals surface area (Å²) in [5, 5.41) is 3.03. The molecule has 1 fully saturated rings. The van der Waals surface area contributed by atoms with Gasteiger partial charge in [0, 0.05) is 23.5 Å². The number of hydrogen-bond donors (Lipinski definition) is 1. The van der Waals surface area contributed by atoms with Crippen LogP contribution in [0.5, 0.6) is 0 Å². The number of nitrogens with zero attached hydrogens (tertiary/aromatic N) is 3. The van der Waals surface area contributed by atoms with Crippen LogP contribution in [0.4, 0.5) is 0 Å². The predicted octanol–water partition coefficient (Wildman–Crippen LogP) is 2.95. The van der Waals surface area contributed by atoms with Gasteiger partial charge in [-0.1, -0.05) is 0 Å². The molecule has 96 valence electrons. The fraction of sp³-hybridized carbons (Fsp3) is 0.286. The molecule has 0 spiro atoms. The molecule has 19 heavy (non-hydrogen) atoms. The molecule has 5 heteroatoms. The van der Waals surface area contributed by atoms with Crippen molar-refractivity contribution in [3.8, 4) is 10.6 Å². The van der Waals surface area contributed by atoms with Crippen LogP contribution in [0.15, 0.2) is 29.9 Å². The Hall–Kier alpha value is -1.72. The van der Waals surface area contributed by atoms with Crippen molar-refractivity contribution in [3.63, 3.8) is 0 Å². The van der Waals surface area contributed by atoms with Crippen molar-refractivity contribution in [3.05, 3.63) is 35.6 Å². The highest BCUT2D eigenvalue weighted by atomic mass is 32.1. The highest BCUT2D eigenvalue weighted by Gasteiger charge is 2.24. The summed E-state index contributed by atoms with van der Waals surface area (Å²) in [5.74, 6) is 0. The number of hydrogen-bond acceptors (Lipinski definition) is 4. The number of imidazole rings is 1. The van der Waals surface area contributed by atoms with Crippen LogP contribution in [0.1, 0.15) is 24.6 Å². The van der Waals surface area contributed by atoms with E-state index in [9.17, 15) is 0 Å². The smallest absolute Gasteiger partial charge is 0.123 e. The first-order chi connectivity index (χ1) is 9.35. The fourth-order valence-electron chi connectivity index (χ4n) is 2.34. The van der Waals surface area contributed by atoms with Crippen molar-refractivity contribution in [1.82, 2.24) is 14.5 Å². The molecular weight excluding hydrogens is 256 g/mol. The van der Waals surface area contributed by atoms with Crippen molar-refractivity contribution < 1.29 is 0 Å². The molecule has 0 aliphatic heterocycles. The molecule has 2 aromatic heterocycles. The average molecular weight is 270 g/mol. The van der Waals surface area contributed by atoms with Gasteiger partial charge < -0.3 is 10.3 Å². The van der Waals surface area contributed by atoms with Gasteiger partial charge in [-0.15, -0.1) is 11.3 Å². The van der Waals surface area contributed by atoms with Gasteiger partial charge in [-0.05, 0) is 31.0 Å². The molecule has 0 atom stereocenters. The zero-order valence-electron chi connectivity index (χ0n) is 10.4. The minimum absolute atomic E-state index is 0.495. The Labute approximate surface area is 114 Å². The van der Waals surface area contributed by atoms with E-state index in [2.05, 4.69) is 32.7 Å². The number of benzene rings is 1. The molecule has 1 aliphatic rings. The number of nitrogens with two attached hydrogens (primary N) is 1. The van der Waals surface area contributed by atoms with Crippen LogP contribution in [-0.4, -0.2) is 14.5 Å². The maximum Gasteiger partial charge on any atom is 0.123 e. The molecule has 0 amide bonds. The molecule has 0 unspecified atom stereocenters. The van der Waals surface area contributed by atoms with E-state index in [1.54, 1.807) is 11.3 Å². The summed E-state index contributed by atoms with van der Waals surface area (Å²) in [4.78, 5) is 9.03. The van der Waals surface area contributed by atoms with E-state index < -0.39 is 0 Å². The van der Waals surface area contributed by atoms with E-state index in [1.807, 2.05) is 11.7 Å². The number of aromatic nitrogens is 3. The van der Waals surface area contributed by atoms with Gasteiger partial charge in [0.15, 0.2) is 0 Å². The number of rotatable bonds is 3. The predicted molar refractivity (Wildman–Crippen MR) is 77.0 cm³/mol. The summed E-state index contributed by atoms with van der Waals surface area (Å²) in [7, 11) is 0. The molecule has 4 rings (SSSR count). The third-order valence-corrected chi connectivity index (χ3v) is 4.46. The zero-order valence-corrected chi connectivity index (χ0v) is 11.2. The van der Waals surface area contributed by atoms with E-state index in [1.165, 1.54) is 18.4 Å². The van der Waals surface area contributed by atoms with Crippen molar-refractivity contribution in [2.24, 2.45) is 5.73 Å². The maximum absolute atomic E-state index is 5.60. The average Bonchev–Trinajstić information content (AvgIpc) is 3.04. The number of thiazole rings is 1. The van der Waals surface area contributed by atoms with E-state index in [0.717, 1.165) is 21.8 Å². The highest BCUT2D eigenvalue weighted by molar-refractivity contribution is 7.13. The molecule has 1 aliphatic carbocycles. The highest BCUT2D eigenvalue weighted by Crippen LogP contribution is 2.37. The van der Waals surface area contributed by atoms with Gasteiger partial charge in [-0.3, -0.25) is 0 Å². The molecule has 2 N–H and O–H groups in total. The Bertz CT molecular complexity index is 739. The maximum atomic E-state index is 5.60. The summed E-state index contributed by atoms with van der Waals surface area (Å²) in [6.07, 6.45) is 4.51. The van der Waals surface area contributed by atoms with Crippen LogP contribution in [-0.2, 0) is 6.54 Å². The van der Waals surface area contributed by atoms with Gasteiger partial charge in [0.2, 0.25) is 0 Å². The Morgan fingerprint density at radius 1 is 1.37 bits per heavy atom. The van der Waals surface area contributed by atoms with E-state index >= 15 is 0 Å². The summed E-state index contributed by atoms with van der Waals surface area (Å²) in [6.45, 7) is 0.495. The standard InChI is InChI=1S/C14H14N4S/c15-6-10-7-19-14(17-10)9-1-4-13-12(5-9)16-8-18(13)11-2-3-11/h1,4-5,7-8,11H,2-3,6,15H2. The van der Waals surface area contributed by atoms with Crippen molar-refractivity contribution >= 4 is 22.4 Å². The lowest BCUT2D eigenvalue weighted by Gasteiger charge is -2.01. The molecule has 2 heterocycles. The van der Waals surface area contributed by atoms with Crippen molar-refractivity contribution in [2.45, 2.75) is 25.4 Å². The van der Waals surface area contributed by atoms with Crippen LogP contribution in [0.25, 0.3) is 21.6 Å². The van der Waals surface area contributed by atoms with Crippen LogP contribution < -0.4 is 5.73 Å². The quantitative estimate of drug-likeness (QED) is 0.796. The topological polar surface area (TPSA) is 56.7 Å². The lowest BCUT2D eigenvalue weighted by atomic mass is 10.2. The second-order valence-electron chi connectivity index (χ2n) is 4.93. The first-order valence-electron chi connectivity index (χ1n) is 6.46. The molecular formula is C14H14N4S. The van der Waals surface area contributed by atoms with Crippen molar-refractivity contribution in [1.29, 1.82) is 0 Å². The van der Waals surface area contributed by atoms with Gasteiger partial charge in [-0.25, -0.2) is 9.97 Å².